The van der Waals surface area contributed by atoms with Gasteiger partial charge >= 0.3 is 0 Å². The number of benzene rings is 2. The Morgan fingerprint density at radius 2 is 1.90 bits per heavy atom. The lowest BCUT2D eigenvalue weighted by Gasteiger charge is -2.19. The maximum atomic E-state index is 13.6. The van der Waals surface area contributed by atoms with Crippen LogP contribution in [0.3, 0.4) is 0 Å². The fourth-order valence-electron chi connectivity index (χ4n) is 2.01. The standard InChI is InChI=1S/C15H15BrFNO2/c1-8-5-12(16)13(17)7-14(8)18-9(2)11-4-3-10(19)6-15(11)20/h3-7,9,18-20H,1-2H3. The van der Waals surface area contributed by atoms with Gasteiger partial charge in [-0.15, -0.1) is 0 Å². The summed E-state index contributed by atoms with van der Waals surface area (Å²) in [6.45, 7) is 3.72. The molecule has 106 valence electrons. The van der Waals surface area contributed by atoms with Gasteiger partial charge in [0.15, 0.2) is 0 Å². The molecule has 1 atom stereocenters. The molecule has 0 radical (unpaired) electrons. The summed E-state index contributed by atoms with van der Waals surface area (Å²) in [5.41, 5.74) is 2.18. The van der Waals surface area contributed by atoms with Crippen molar-refractivity contribution < 1.29 is 14.6 Å². The van der Waals surface area contributed by atoms with Crippen LogP contribution < -0.4 is 5.32 Å². The number of hydrogen-bond acceptors (Lipinski definition) is 3. The van der Waals surface area contributed by atoms with Crippen molar-refractivity contribution in [2.24, 2.45) is 0 Å². The number of aromatic hydroxyl groups is 2. The van der Waals surface area contributed by atoms with Gasteiger partial charge in [0.2, 0.25) is 0 Å². The van der Waals surface area contributed by atoms with Gasteiger partial charge in [0.25, 0.3) is 0 Å². The molecule has 0 bridgehead atoms. The van der Waals surface area contributed by atoms with Crippen molar-refractivity contribution in [1.29, 1.82) is 0 Å². The van der Waals surface area contributed by atoms with Crippen LogP contribution in [0.5, 0.6) is 11.5 Å². The Hall–Kier alpha value is -1.75. The quantitative estimate of drug-likeness (QED) is 0.772. The van der Waals surface area contributed by atoms with Crippen LogP contribution in [0.25, 0.3) is 0 Å². The van der Waals surface area contributed by atoms with Crippen molar-refractivity contribution in [3.8, 4) is 11.5 Å². The number of aryl methyl sites for hydroxylation is 1. The lowest BCUT2D eigenvalue weighted by Crippen LogP contribution is -2.08. The van der Waals surface area contributed by atoms with Gasteiger partial charge in [-0.05, 0) is 59.6 Å². The second kappa shape index (κ2) is 5.71. The van der Waals surface area contributed by atoms with E-state index in [4.69, 9.17) is 0 Å². The third-order valence-electron chi connectivity index (χ3n) is 3.12. The highest BCUT2D eigenvalue weighted by Crippen LogP contribution is 2.32. The fourth-order valence-corrected chi connectivity index (χ4v) is 2.47. The highest BCUT2D eigenvalue weighted by molar-refractivity contribution is 9.10. The van der Waals surface area contributed by atoms with Crippen LogP contribution in [0, 0.1) is 12.7 Å². The Balaban J connectivity index is 2.27. The van der Waals surface area contributed by atoms with E-state index in [0.717, 1.165) is 5.56 Å². The van der Waals surface area contributed by atoms with Crippen molar-refractivity contribution >= 4 is 21.6 Å². The summed E-state index contributed by atoms with van der Waals surface area (Å²) < 4.78 is 14.0. The van der Waals surface area contributed by atoms with E-state index >= 15 is 0 Å². The minimum absolute atomic E-state index is 0.000219. The molecule has 3 nitrogen and oxygen atoms in total. The molecule has 0 spiro atoms. The second-order valence-corrected chi connectivity index (χ2v) is 5.54. The molecular weight excluding hydrogens is 325 g/mol. The van der Waals surface area contributed by atoms with Crippen molar-refractivity contribution in [3.63, 3.8) is 0 Å². The Morgan fingerprint density at radius 3 is 2.55 bits per heavy atom. The number of phenols is 2. The molecule has 2 aromatic carbocycles. The molecule has 20 heavy (non-hydrogen) atoms. The first kappa shape index (κ1) is 14.7. The molecule has 3 N–H and O–H groups in total. The van der Waals surface area contributed by atoms with E-state index in [9.17, 15) is 14.6 Å². The average Bonchev–Trinajstić information content (AvgIpc) is 2.35. The van der Waals surface area contributed by atoms with E-state index in [1.807, 2.05) is 13.8 Å². The van der Waals surface area contributed by atoms with Crippen LogP contribution in [0.15, 0.2) is 34.8 Å². The third-order valence-corrected chi connectivity index (χ3v) is 3.73. The largest absolute Gasteiger partial charge is 0.508 e. The summed E-state index contributed by atoms with van der Waals surface area (Å²) in [6.07, 6.45) is 0. The monoisotopic (exact) mass is 339 g/mol. The van der Waals surface area contributed by atoms with Gasteiger partial charge in [0.05, 0.1) is 10.5 Å². The summed E-state index contributed by atoms with van der Waals surface area (Å²) in [5.74, 6) is -0.343. The van der Waals surface area contributed by atoms with E-state index in [1.165, 1.54) is 18.2 Å². The summed E-state index contributed by atoms with van der Waals surface area (Å²) >= 11 is 3.14. The molecule has 0 aromatic heterocycles. The molecule has 5 heteroatoms. The molecule has 0 saturated carbocycles. The van der Waals surface area contributed by atoms with Gasteiger partial charge in [0, 0.05) is 17.3 Å². The smallest absolute Gasteiger partial charge is 0.139 e. The van der Waals surface area contributed by atoms with Crippen LogP contribution in [0.2, 0.25) is 0 Å². The normalized spacial score (nSPS) is 12.2. The van der Waals surface area contributed by atoms with E-state index in [0.29, 0.717) is 15.7 Å². The molecule has 1 unspecified atom stereocenters. The number of rotatable bonds is 3. The zero-order chi connectivity index (χ0) is 14.9. The van der Waals surface area contributed by atoms with E-state index in [-0.39, 0.29) is 23.4 Å². The van der Waals surface area contributed by atoms with Gasteiger partial charge in [-0.1, -0.05) is 0 Å². The summed E-state index contributed by atoms with van der Waals surface area (Å²) in [5, 5.41) is 22.3. The van der Waals surface area contributed by atoms with Crippen LogP contribution in [0.1, 0.15) is 24.1 Å². The molecule has 2 rings (SSSR count). The third kappa shape index (κ3) is 3.04. The Bertz CT molecular complexity index is 646. The first-order valence-corrected chi connectivity index (χ1v) is 6.92. The zero-order valence-corrected chi connectivity index (χ0v) is 12.7. The highest BCUT2D eigenvalue weighted by Gasteiger charge is 2.13. The molecule has 0 heterocycles. The Kier molecular flexibility index (Phi) is 4.18. The molecule has 2 aromatic rings. The van der Waals surface area contributed by atoms with Crippen LogP contribution in [-0.2, 0) is 0 Å². The fraction of sp³-hybridized carbons (Fsp3) is 0.200. The average molecular weight is 340 g/mol. The topological polar surface area (TPSA) is 52.5 Å². The van der Waals surface area contributed by atoms with Crippen molar-refractivity contribution in [2.75, 3.05) is 5.32 Å². The zero-order valence-electron chi connectivity index (χ0n) is 11.1. The summed E-state index contributed by atoms with van der Waals surface area (Å²) in [4.78, 5) is 0. The number of anilines is 1. The van der Waals surface area contributed by atoms with Crippen molar-refractivity contribution in [1.82, 2.24) is 0 Å². The predicted octanol–water partition coefficient (Wildman–Crippen LogP) is 4.48. The summed E-state index contributed by atoms with van der Waals surface area (Å²) in [6, 6.07) is 7.29. The molecule has 0 aliphatic heterocycles. The van der Waals surface area contributed by atoms with E-state index < -0.39 is 0 Å². The molecule has 0 aliphatic carbocycles. The lowest BCUT2D eigenvalue weighted by molar-refractivity contribution is 0.444. The van der Waals surface area contributed by atoms with Gasteiger partial charge in [-0.3, -0.25) is 0 Å². The van der Waals surface area contributed by atoms with Crippen LogP contribution >= 0.6 is 15.9 Å². The number of nitrogens with one attached hydrogen (secondary N) is 1. The Morgan fingerprint density at radius 1 is 1.20 bits per heavy atom. The maximum Gasteiger partial charge on any atom is 0.139 e. The molecule has 0 fully saturated rings. The number of hydrogen-bond donors (Lipinski definition) is 3. The molecular formula is C15H15BrFNO2. The van der Waals surface area contributed by atoms with E-state index in [2.05, 4.69) is 21.2 Å². The van der Waals surface area contributed by atoms with Gasteiger partial charge in [-0.2, -0.15) is 0 Å². The SMILES string of the molecule is Cc1cc(Br)c(F)cc1NC(C)c1ccc(O)cc1O. The van der Waals surface area contributed by atoms with Gasteiger partial charge in [-0.25, -0.2) is 4.39 Å². The second-order valence-electron chi connectivity index (χ2n) is 4.69. The first-order chi connectivity index (χ1) is 9.38. The minimum Gasteiger partial charge on any atom is -0.508 e. The maximum absolute atomic E-state index is 13.6. The Labute approximate surface area is 125 Å². The summed E-state index contributed by atoms with van der Waals surface area (Å²) in [7, 11) is 0. The molecule has 0 amide bonds. The van der Waals surface area contributed by atoms with Crippen LogP contribution in [0.4, 0.5) is 10.1 Å². The van der Waals surface area contributed by atoms with Crippen LogP contribution in [-0.4, -0.2) is 10.2 Å². The van der Waals surface area contributed by atoms with Crippen molar-refractivity contribution in [3.05, 3.63) is 51.7 Å². The number of halogens is 2. The molecule has 0 aliphatic rings. The lowest BCUT2D eigenvalue weighted by atomic mass is 10.1. The molecule has 0 saturated heterocycles. The highest BCUT2D eigenvalue weighted by atomic mass is 79.9. The van der Waals surface area contributed by atoms with Crippen molar-refractivity contribution in [2.45, 2.75) is 19.9 Å². The van der Waals surface area contributed by atoms with Gasteiger partial charge in [0.1, 0.15) is 17.3 Å². The first-order valence-electron chi connectivity index (χ1n) is 6.12. The number of phenolic OH excluding ortho intramolecular Hbond substituents is 2. The minimum atomic E-state index is -0.347. The predicted molar refractivity (Wildman–Crippen MR) is 80.6 cm³/mol. The van der Waals surface area contributed by atoms with E-state index in [1.54, 1.807) is 12.1 Å². The van der Waals surface area contributed by atoms with Gasteiger partial charge < -0.3 is 15.5 Å².